The third kappa shape index (κ3) is 6.59. The lowest BCUT2D eigenvalue weighted by Gasteiger charge is -2.30. The molecule has 1 aliphatic heterocycles. The normalized spacial score (nSPS) is 19.6. The number of benzene rings is 1. The Morgan fingerprint density at radius 1 is 1.35 bits per heavy atom. The van der Waals surface area contributed by atoms with E-state index >= 15 is 0 Å². The van der Waals surface area contributed by atoms with Crippen molar-refractivity contribution in [2.24, 2.45) is 5.92 Å². The van der Waals surface area contributed by atoms with Gasteiger partial charge in [0.1, 0.15) is 11.5 Å². The van der Waals surface area contributed by atoms with Gasteiger partial charge in [0.05, 0.1) is 11.1 Å². The zero-order valence-electron chi connectivity index (χ0n) is 13.0. The number of hydrogen-bond acceptors (Lipinski definition) is 3. The van der Waals surface area contributed by atoms with Crippen LogP contribution in [0.3, 0.4) is 0 Å². The highest BCUT2D eigenvalue weighted by molar-refractivity contribution is 9.10. The number of hydrogen-bond donors (Lipinski definition) is 0. The molecule has 23 heavy (non-hydrogen) atoms. The maximum atomic E-state index is 12.2. The zero-order valence-corrected chi connectivity index (χ0v) is 14.6. The van der Waals surface area contributed by atoms with Crippen molar-refractivity contribution in [1.29, 1.82) is 0 Å². The van der Waals surface area contributed by atoms with E-state index in [2.05, 4.69) is 32.5 Å². The van der Waals surface area contributed by atoms with Gasteiger partial charge in [0.15, 0.2) is 0 Å². The van der Waals surface area contributed by atoms with Crippen molar-refractivity contribution in [2.75, 3.05) is 26.2 Å². The molecule has 130 valence electrons. The number of rotatable bonds is 6. The van der Waals surface area contributed by atoms with Crippen LogP contribution in [0.5, 0.6) is 11.5 Å². The predicted molar refractivity (Wildman–Crippen MR) is 85.8 cm³/mol. The lowest BCUT2D eigenvalue weighted by molar-refractivity contribution is -0.274. The minimum absolute atomic E-state index is 0.265. The molecule has 1 aromatic rings. The van der Waals surface area contributed by atoms with Crippen LogP contribution in [-0.4, -0.2) is 37.5 Å². The van der Waals surface area contributed by atoms with Crippen LogP contribution in [0.2, 0.25) is 0 Å². The zero-order chi connectivity index (χ0) is 16.9. The molecule has 1 saturated heterocycles. The molecule has 2 rings (SSSR count). The van der Waals surface area contributed by atoms with Crippen molar-refractivity contribution < 1.29 is 22.6 Å². The van der Waals surface area contributed by atoms with Gasteiger partial charge in [0.2, 0.25) is 0 Å². The van der Waals surface area contributed by atoms with E-state index in [1.807, 2.05) is 0 Å². The van der Waals surface area contributed by atoms with Crippen LogP contribution in [0.1, 0.15) is 26.2 Å². The Morgan fingerprint density at radius 2 is 2.13 bits per heavy atom. The van der Waals surface area contributed by atoms with Gasteiger partial charge in [0.25, 0.3) is 0 Å². The molecule has 0 bridgehead atoms. The highest BCUT2D eigenvalue weighted by Crippen LogP contribution is 2.32. The van der Waals surface area contributed by atoms with Gasteiger partial charge in [-0.05, 0) is 65.9 Å². The molecule has 0 saturated carbocycles. The van der Waals surface area contributed by atoms with E-state index in [4.69, 9.17) is 4.74 Å². The van der Waals surface area contributed by atoms with E-state index < -0.39 is 6.36 Å². The minimum Gasteiger partial charge on any atom is -0.492 e. The van der Waals surface area contributed by atoms with Crippen LogP contribution in [-0.2, 0) is 0 Å². The standard InChI is InChI=1S/C16H21BrF3NO2/c1-12-4-2-7-21(11-12)8-3-9-22-15-6-5-13(10-14(15)17)23-16(18,19)20/h5-6,10,12H,2-4,7-9,11H2,1H3. The molecule has 1 unspecified atom stereocenters. The molecule has 0 aliphatic carbocycles. The van der Waals surface area contributed by atoms with Gasteiger partial charge in [-0.1, -0.05) is 6.92 Å². The maximum Gasteiger partial charge on any atom is 0.573 e. The van der Waals surface area contributed by atoms with E-state index in [0.29, 0.717) is 16.8 Å². The number of nitrogens with zero attached hydrogens (tertiary/aromatic N) is 1. The van der Waals surface area contributed by atoms with Crippen LogP contribution < -0.4 is 9.47 Å². The molecule has 7 heteroatoms. The number of alkyl halides is 3. The minimum atomic E-state index is -4.69. The fraction of sp³-hybridized carbons (Fsp3) is 0.625. The lowest BCUT2D eigenvalue weighted by Crippen LogP contribution is -2.35. The van der Waals surface area contributed by atoms with Crippen molar-refractivity contribution in [3.8, 4) is 11.5 Å². The van der Waals surface area contributed by atoms with Crippen LogP contribution in [0, 0.1) is 5.92 Å². The summed E-state index contributed by atoms with van der Waals surface area (Å²) in [4.78, 5) is 2.44. The molecule has 0 amide bonds. The van der Waals surface area contributed by atoms with Crippen molar-refractivity contribution in [2.45, 2.75) is 32.5 Å². The fourth-order valence-electron chi connectivity index (χ4n) is 2.76. The Bertz CT molecular complexity index is 511. The first-order valence-corrected chi connectivity index (χ1v) is 8.53. The average Bonchev–Trinajstić information content (AvgIpc) is 2.44. The Kier molecular flexibility index (Phi) is 6.59. The molecule has 0 aromatic heterocycles. The average molecular weight is 396 g/mol. The highest BCUT2D eigenvalue weighted by Gasteiger charge is 2.31. The van der Waals surface area contributed by atoms with E-state index in [0.717, 1.165) is 32.0 Å². The van der Waals surface area contributed by atoms with Crippen molar-refractivity contribution in [3.05, 3.63) is 22.7 Å². The second-order valence-electron chi connectivity index (χ2n) is 5.89. The fourth-order valence-corrected chi connectivity index (χ4v) is 3.23. The Labute approximate surface area is 142 Å². The van der Waals surface area contributed by atoms with Gasteiger partial charge in [-0.3, -0.25) is 0 Å². The van der Waals surface area contributed by atoms with Gasteiger partial charge in [-0.15, -0.1) is 13.2 Å². The van der Waals surface area contributed by atoms with Gasteiger partial charge in [0, 0.05) is 13.1 Å². The molecular formula is C16H21BrF3NO2. The van der Waals surface area contributed by atoms with Crippen molar-refractivity contribution in [3.63, 3.8) is 0 Å². The van der Waals surface area contributed by atoms with Gasteiger partial charge in [-0.2, -0.15) is 0 Å². The number of halogens is 4. The van der Waals surface area contributed by atoms with Gasteiger partial charge in [-0.25, -0.2) is 0 Å². The summed E-state index contributed by atoms with van der Waals surface area (Å²) in [6.45, 7) is 6.05. The monoisotopic (exact) mass is 395 g/mol. The maximum absolute atomic E-state index is 12.2. The first kappa shape index (κ1) is 18.4. The number of likely N-dealkylation sites (tertiary alicyclic amines) is 1. The molecule has 1 heterocycles. The van der Waals surface area contributed by atoms with E-state index in [-0.39, 0.29) is 5.75 Å². The first-order valence-electron chi connectivity index (χ1n) is 7.74. The second kappa shape index (κ2) is 8.24. The highest BCUT2D eigenvalue weighted by atomic mass is 79.9. The quantitative estimate of drug-likeness (QED) is 0.642. The summed E-state index contributed by atoms with van der Waals surface area (Å²) in [5, 5.41) is 0. The van der Waals surface area contributed by atoms with Gasteiger partial charge < -0.3 is 14.4 Å². The van der Waals surface area contributed by atoms with Crippen molar-refractivity contribution >= 4 is 15.9 Å². The summed E-state index contributed by atoms with van der Waals surface area (Å²) in [6.07, 6.45) is -1.26. The summed E-state index contributed by atoms with van der Waals surface area (Å²) >= 11 is 3.21. The molecular weight excluding hydrogens is 375 g/mol. The molecule has 3 nitrogen and oxygen atoms in total. The lowest BCUT2D eigenvalue weighted by atomic mass is 10.0. The summed E-state index contributed by atoms with van der Waals surface area (Å²) in [7, 11) is 0. The smallest absolute Gasteiger partial charge is 0.492 e. The SMILES string of the molecule is CC1CCCN(CCCOc2ccc(OC(F)(F)F)cc2Br)C1. The third-order valence-corrected chi connectivity index (χ3v) is 4.37. The Morgan fingerprint density at radius 3 is 2.78 bits per heavy atom. The molecule has 0 radical (unpaired) electrons. The van der Waals surface area contributed by atoms with E-state index in [1.54, 1.807) is 0 Å². The van der Waals surface area contributed by atoms with Crippen molar-refractivity contribution in [1.82, 2.24) is 4.90 Å². The summed E-state index contributed by atoms with van der Waals surface area (Å²) in [6, 6.07) is 3.99. The molecule has 0 N–H and O–H groups in total. The summed E-state index contributed by atoms with van der Waals surface area (Å²) in [5.41, 5.74) is 0. The van der Waals surface area contributed by atoms with Crippen LogP contribution in [0.15, 0.2) is 22.7 Å². The molecule has 1 aromatic carbocycles. The number of piperidine rings is 1. The molecule has 0 spiro atoms. The molecule has 1 atom stereocenters. The summed E-state index contributed by atoms with van der Waals surface area (Å²) in [5.74, 6) is 1.01. The first-order chi connectivity index (χ1) is 10.8. The summed E-state index contributed by atoms with van der Waals surface area (Å²) < 4.78 is 46.4. The van der Waals surface area contributed by atoms with E-state index in [9.17, 15) is 13.2 Å². The Hall–Kier alpha value is -0.950. The second-order valence-corrected chi connectivity index (χ2v) is 6.74. The van der Waals surface area contributed by atoms with E-state index in [1.165, 1.54) is 31.0 Å². The largest absolute Gasteiger partial charge is 0.573 e. The Balaban J connectivity index is 1.75. The third-order valence-electron chi connectivity index (χ3n) is 3.75. The molecule has 1 aliphatic rings. The van der Waals surface area contributed by atoms with Gasteiger partial charge >= 0.3 is 6.36 Å². The van der Waals surface area contributed by atoms with Crippen LogP contribution in [0.4, 0.5) is 13.2 Å². The number of ether oxygens (including phenoxy) is 2. The van der Waals surface area contributed by atoms with Crippen LogP contribution >= 0.6 is 15.9 Å². The van der Waals surface area contributed by atoms with Crippen LogP contribution in [0.25, 0.3) is 0 Å². The molecule has 1 fully saturated rings. The predicted octanol–water partition coefficient (Wildman–Crippen LogP) is 4.85. The topological polar surface area (TPSA) is 21.7 Å².